The van der Waals surface area contributed by atoms with Gasteiger partial charge in [0.05, 0.1) is 0 Å². The molecule has 1 aliphatic rings. The molecule has 1 aromatic rings. The Labute approximate surface area is 81.3 Å². The smallest absolute Gasteiger partial charge is 0.151 e. The van der Waals surface area contributed by atoms with Crippen LogP contribution in [-0.4, -0.2) is 13.1 Å². The van der Waals surface area contributed by atoms with Crippen LogP contribution in [0.3, 0.4) is 0 Å². The van der Waals surface area contributed by atoms with Crippen LogP contribution in [0.2, 0.25) is 0 Å². The number of anilines is 2. The zero-order valence-corrected chi connectivity index (χ0v) is 7.76. The highest BCUT2D eigenvalue weighted by Gasteiger charge is 2.15. The van der Waals surface area contributed by atoms with E-state index >= 15 is 0 Å². The first kappa shape index (κ1) is 9.24. The van der Waals surface area contributed by atoms with Crippen LogP contribution in [0.25, 0.3) is 0 Å². The number of nitrogens with zero attached hydrogens (tertiary/aromatic N) is 1. The van der Waals surface area contributed by atoms with Gasteiger partial charge in [0.15, 0.2) is 11.6 Å². The molecular weight excluding hydrogens is 186 g/mol. The molecule has 2 N–H and O–H groups in total. The van der Waals surface area contributed by atoms with E-state index in [1.807, 2.05) is 4.90 Å². The minimum absolute atomic E-state index is 0.395. The van der Waals surface area contributed by atoms with Gasteiger partial charge in [-0.15, -0.1) is 0 Å². The number of nitrogen functional groups attached to an aromatic ring is 1. The Kier molecular flexibility index (Phi) is 2.27. The summed E-state index contributed by atoms with van der Waals surface area (Å²) in [6, 6.07) is 2.59. The first-order valence-electron chi connectivity index (χ1n) is 4.68. The third-order valence-electron chi connectivity index (χ3n) is 2.54. The van der Waals surface area contributed by atoms with Crippen LogP contribution in [0, 0.1) is 11.6 Å². The van der Waals surface area contributed by atoms with Crippen molar-refractivity contribution in [2.75, 3.05) is 23.7 Å². The van der Waals surface area contributed by atoms with Gasteiger partial charge in [-0.2, -0.15) is 0 Å². The molecule has 0 atom stereocenters. The molecule has 1 aromatic carbocycles. The van der Waals surface area contributed by atoms with Gasteiger partial charge in [0.25, 0.3) is 0 Å². The van der Waals surface area contributed by atoms with E-state index in [0.717, 1.165) is 25.9 Å². The average molecular weight is 198 g/mol. The molecule has 0 bridgehead atoms. The Morgan fingerprint density at radius 3 is 2.07 bits per heavy atom. The zero-order chi connectivity index (χ0) is 10.1. The fourth-order valence-corrected chi connectivity index (χ4v) is 1.73. The van der Waals surface area contributed by atoms with Crippen molar-refractivity contribution in [1.29, 1.82) is 0 Å². The predicted molar refractivity (Wildman–Crippen MR) is 52.2 cm³/mol. The standard InChI is InChI=1S/C10H12F2N2/c11-8-5-7(6-9(12)10(8)13)14-3-1-2-4-14/h5-6H,1-4,13H2. The quantitative estimate of drug-likeness (QED) is 0.700. The molecule has 1 heterocycles. The Balaban J connectivity index is 2.34. The normalized spacial score (nSPS) is 16.3. The van der Waals surface area contributed by atoms with E-state index in [-0.39, 0.29) is 0 Å². The van der Waals surface area contributed by atoms with Crippen molar-refractivity contribution in [3.63, 3.8) is 0 Å². The van der Waals surface area contributed by atoms with Gasteiger partial charge in [-0.3, -0.25) is 0 Å². The molecule has 1 fully saturated rings. The Bertz CT molecular complexity index is 323. The predicted octanol–water partition coefficient (Wildman–Crippen LogP) is 2.15. The number of hydrogen-bond acceptors (Lipinski definition) is 2. The summed E-state index contributed by atoms with van der Waals surface area (Å²) in [7, 11) is 0. The van der Waals surface area contributed by atoms with Crippen molar-refractivity contribution in [2.24, 2.45) is 0 Å². The maximum Gasteiger partial charge on any atom is 0.151 e. The van der Waals surface area contributed by atoms with Crippen molar-refractivity contribution in [2.45, 2.75) is 12.8 Å². The van der Waals surface area contributed by atoms with Crippen LogP contribution >= 0.6 is 0 Å². The number of nitrogens with two attached hydrogens (primary N) is 1. The van der Waals surface area contributed by atoms with E-state index in [0.29, 0.717) is 5.69 Å². The molecule has 4 heteroatoms. The maximum absolute atomic E-state index is 13.1. The van der Waals surface area contributed by atoms with Crippen LogP contribution < -0.4 is 10.6 Å². The largest absolute Gasteiger partial charge is 0.394 e. The molecule has 0 amide bonds. The van der Waals surface area contributed by atoms with Crippen molar-refractivity contribution in [1.82, 2.24) is 0 Å². The van der Waals surface area contributed by atoms with Crippen LogP contribution in [0.4, 0.5) is 20.2 Å². The van der Waals surface area contributed by atoms with Gasteiger partial charge in [0.1, 0.15) is 5.69 Å². The molecule has 0 aliphatic carbocycles. The van der Waals surface area contributed by atoms with E-state index in [1.54, 1.807) is 0 Å². The van der Waals surface area contributed by atoms with Crippen molar-refractivity contribution < 1.29 is 8.78 Å². The van der Waals surface area contributed by atoms with E-state index in [1.165, 1.54) is 12.1 Å². The van der Waals surface area contributed by atoms with Gasteiger partial charge >= 0.3 is 0 Å². The average Bonchev–Trinajstić information content (AvgIpc) is 2.66. The first-order chi connectivity index (χ1) is 6.68. The second kappa shape index (κ2) is 3.44. The highest BCUT2D eigenvalue weighted by atomic mass is 19.1. The summed E-state index contributed by atoms with van der Waals surface area (Å²) in [5.41, 5.74) is 5.38. The van der Waals surface area contributed by atoms with Gasteiger partial charge in [-0.05, 0) is 25.0 Å². The Hall–Kier alpha value is -1.32. The SMILES string of the molecule is Nc1c(F)cc(N2CCCC2)cc1F. The van der Waals surface area contributed by atoms with Gasteiger partial charge in [-0.1, -0.05) is 0 Å². The summed E-state index contributed by atoms with van der Waals surface area (Å²) in [4.78, 5) is 1.96. The lowest BCUT2D eigenvalue weighted by Crippen LogP contribution is -2.18. The van der Waals surface area contributed by atoms with Crippen LogP contribution in [0.5, 0.6) is 0 Å². The molecule has 2 rings (SSSR count). The van der Waals surface area contributed by atoms with Gasteiger partial charge in [-0.25, -0.2) is 8.78 Å². The molecular formula is C10H12F2N2. The van der Waals surface area contributed by atoms with Gasteiger partial charge in [0, 0.05) is 18.8 Å². The summed E-state index contributed by atoms with van der Waals surface area (Å²) in [5.74, 6) is -1.35. The van der Waals surface area contributed by atoms with Crippen LogP contribution in [-0.2, 0) is 0 Å². The lowest BCUT2D eigenvalue weighted by atomic mass is 10.2. The molecule has 0 radical (unpaired) electrons. The van der Waals surface area contributed by atoms with Crippen LogP contribution in [0.1, 0.15) is 12.8 Å². The molecule has 14 heavy (non-hydrogen) atoms. The summed E-state index contributed by atoms with van der Waals surface area (Å²) in [6.45, 7) is 1.73. The molecule has 1 saturated heterocycles. The van der Waals surface area contributed by atoms with E-state index in [9.17, 15) is 8.78 Å². The number of hydrogen-bond donors (Lipinski definition) is 1. The van der Waals surface area contributed by atoms with E-state index in [2.05, 4.69) is 0 Å². The minimum atomic E-state index is -0.674. The maximum atomic E-state index is 13.1. The lowest BCUT2D eigenvalue weighted by molar-refractivity contribution is 0.591. The second-order valence-corrected chi connectivity index (χ2v) is 3.52. The van der Waals surface area contributed by atoms with Crippen molar-refractivity contribution >= 4 is 11.4 Å². The molecule has 2 nitrogen and oxygen atoms in total. The summed E-state index contributed by atoms with van der Waals surface area (Å²) < 4.78 is 26.2. The molecule has 0 saturated carbocycles. The zero-order valence-electron chi connectivity index (χ0n) is 7.76. The highest BCUT2D eigenvalue weighted by molar-refractivity contribution is 5.55. The van der Waals surface area contributed by atoms with Gasteiger partial charge in [0.2, 0.25) is 0 Å². The Morgan fingerprint density at radius 2 is 1.57 bits per heavy atom. The summed E-state index contributed by atoms with van der Waals surface area (Å²) in [6.07, 6.45) is 2.15. The number of halogens is 2. The molecule has 0 aromatic heterocycles. The van der Waals surface area contributed by atoms with Crippen molar-refractivity contribution in [3.05, 3.63) is 23.8 Å². The first-order valence-corrected chi connectivity index (χ1v) is 4.68. The molecule has 76 valence electrons. The molecule has 0 unspecified atom stereocenters. The molecule has 1 aliphatic heterocycles. The Morgan fingerprint density at radius 1 is 1.07 bits per heavy atom. The fraction of sp³-hybridized carbons (Fsp3) is 0.400. The topological polar surface area (TPSA) is 29.3 Å². The molecule has 0 spiro atoms. The van der Waals surface area contributed by atoms with E-state index < -0.39 is 17.3 Å². The second-order valence-electron chi connectivity index (χ2n) is 3.52. The minimum Gasteiger partial charge on any atom is -0.394 e. The number of rotatable bonds is 1. The fourth-order valence-electron chi connectivity index (χ4n) is 1.73. The monoisotopic (exact) mass is 198 g/mol. The van der Waals surface area contributed by atoms with Crippen LogP contribution in [0.15, 0.2) is 12.1 Å². The third kappa shape index (κ3) is 1.52. The number of benzene rings is 1. The summed E-state index contributed by atoms with van der Waals surface area (Å²) in [5, 5.41) is 0. The van der Waals surface area contributed by atoms with Gasteiger partial charge < -0.3 is 10.6 Å². The highest BCUT2D eigenvalue weighted by Crippen LogP contribution is 2.25. The van der Waals surface area contributed by atoms with Crippen molar-refractivity contribution in [3.8, 4) is 0 Å². The lowest BCUT2D eigenvalue weighted by Gasteiger charge is -2.18. The third-order valence-corrected chi connectivity index (χ3v) is 2.54. The van der Waals surface area contributed by atoms with E-state index in [4.69, 9.17) is 5.73 Å². The summed E-state index contributed by atoms with van der Waals surface area (Å²) >= 11 is 0.